The molecule has 3 heterocycles. The van der Waals surface area contributed by atoms with E-state index in [0.29, 0.717) is 17.5 Å². The predicted octanol–water partition coefficient (Wildman–Crippen LogP) is 16.4. The third-order valence-electron chi connectivity index (χ3n) is 14.1. The van der Waals surface area contributed by atoms with Crippen molar-refractivity contribution in [3.63, 3.8) is 0 Å². The number of rotatable bonds is 7. The van der Waals surface area contributed by atoms with Crippen molar-refractivity contribution in [1.82, 2.24) is 15.0 Å². The largest absolute Gasteiger partial charge is 0.456 e. The topological polar surface area (TPSA) is 65.0 Å². The van der Waals surface area contributed by atoms with Crippen LogP contribution >= 0.6 is 0 Å². The minimum absolute atomic E-state index is 0.507. The summed E-state index contributed by atoms with van der Waals surface area (Å²) >= 11 is 0. The molecular weight excluding hydrogens is 843 g/mol. The summed E-state index contributed by atoms with van der Waals surface area (Å²) in [5.41, 5.74) is 17.1. The van der Waals surface area contributed by atoms with Crippen molar-refractivity contribution in [2.75, 3.05) is 0 Å². The van der Waals surface area contributed by atoms with E-state index in [9.17, 15) is 0 Å². The van der Waals surface area contributed by atoms with E-state index in [2.05, 4.69) is 188 Å². The van der Waals surface area contributed by atoms with E-state index in [1.165, 1.54) is 33.4 Å². The Labute approximate surface area is 397 Å². The Bertz CT molecular complexity index is 4080. The first-order valence-electron chi connectivity index (χ1n) is 23.3. The molecule has 0 saturated carbocycles. The van der Waals surface area contributed by atoms with Crippen molar-refractivity contribution in [2.24, 2.45) is 0 Å². The van der Waals surface area contributed by atoms with Gasteiger partial charge >= 0.3 is 0 Å². The molecule has 0 saturated heterocycles. The molecule has 14 rings (SSSR count). The molecule has 0 N–H and O–H groups in total. The summed E-state index contributed by atoms with van der Waals surface area (Å²) in [4.78, 5) is 15.8. The maximum Gasteiger partial charge on any atom is 0.167 e. The minimum atomic E-state index is -0.507. The highest BCUT2D eigenvalue weighted by Crippen LogP contribution is 2.58. The van der Waals surface area contributed by atoms with Gasteiger partial charge in [-0.1, -0.05) is 206 Å². The molecule has 0 spiro atoms. The quantitative estimate of drug-likeness (QED) is 0.160. The van der Waals surface area contributed by atoms with Crippen LogP contribution in [0, 0.1) is 0 Å². The van der Waals surface area contributed by atoms with Crippen molar-refractivity contribution < 1.29 is 8.83 Å². The fourth-order valence-electron chi connectivity index (χ4n) is 11.0. The summed E-state index contributed by atoms with van der Waals surface area (Å²) < 4.78 is 13.3. The molecule has 69 heavy (non-hydrogen) atoms. The molecule has 0 amide bonds. The lowest BCUT2D eigenvalue weighted by atomic mass is 9.67. The Balaban J connectivity index is 0.976. The molecule has 0 atom stereocenters. The number of nitrogens with zero attached hydrogens (tertiary/aromatic N) is 3. The van der Waals surface area contributed by atoms with E-state index in [-0.39, 0.29) is 0 Å². The van der Waals surface area contributed by atoms with Gasteiger partial charge in [0.1, 0.15) is 22.3 Å². The summed E-state index contributed by atoms with van der Waals surface area (Å²) in [5, 5.41) is 3.97. The van der Waals surface area contributed by atoms with E-state index < -0.39 is 5.41 Å². The first-order valence-corrected chi connectivity index (χ1v) is 23.3. The van der Waals surface area contributed by atoms with Crippen LogP contribution in [-0.2, 0) is 5.41 Å². The molecule has 0 aliphatic heterocycles. The SMILES string of the molecule is c1ccc(-c2ccc(-c3nc(-c4cccc5c4oc4ccccc45)nc(-c4cccc5oc6ccc(-c7cccc8c7-c7ccccc7C8(c7ccccc7)c7ccccc7)cc6c45)n3)cc2)cc1. The highest BCUT2D eigenvalue weighted by Gasteiger charge is 2.46. The average Bonchev–Trinajstić information content (AvgIpc) is 4.10. The molecular formula is C64H39N3O2. The normalized spacial score (nSPS) is 12.8. The maximum atomic E-state index is 6.69. The summed E-state index contributed by atoms with van der Waals surface area (Å²) in [6.07, 6.45) is 0. The molecule has 0 radical (unpaired) electrons. The molecule has 1 aliphatic rings. The van der Waals surface area contributed by atoms with E-state index >= 15 is 0 Å². The molecule has 1 aliphatic carbocycles. The van der Waals surface area contributed by atoms with Gasteiger partial charge in [0.25, 0.3) is 0 Å². The van der Waals surface area contributed by atoms with Crippen molar-refractivity contribution in [3.05, 3.63) is 259 Å². The molecule has 0 fully saturated rings. The number of hydrogen-bond donors (Lipinski definition) is 0. The fourth-order valence-corrected chi connectivity index (χ4v) is 11.0. The van der Waals surface area contributed by atoms with Crippen LogP contribution < -0.4 is 0 Å². The minimum Gasteiger partial charge on any atom is -0.456 e. The van der Waals surface area contributed by atoms with Crippen LogP contribution in [0.2, 0.25) is 0 Å². The third kappa shape index (κ3) is 6.00. The highest BCUT2D eigenvalue weighted by molar-refractivity contribution is 6.14. The smallest absolute Gasteiger partial charge is 0.167 e. The van der Waals surface area contributed by atoms with Crippen LogP contribution in [0.15, 0.2) is 245 Å². The number of furan rings is 2. The molecule has 5 nitrogen and oxygen atoms in total. The van der Waals surface area contributed by atoms with Crippen molar-refractivity contribution in [3.8, 4) is 67.5 Å². The van der Waals surface area contributed by atoms with Gasteiger partial charge in [-0.05, 0) is 86.0 Å². The van der Waals surface area contributed by atoms with Crippen molar-refractivity contribution in [2.45, 2.75) is 5.41 Å². The van der Waals surface area contributed by atoms with Gasteiger partial charge in [-0.15, -0.1) is 0 Å². The summed E-state index contributed by atoms with van der Waals surface area (Å²) in [5.74, 6) is 1.63. The lowest BCUT2D eigenvalue weighted by molar-refractivity contribution is 0.668. The van der Waals surface area contributed by atoms with Crippen LogP contribution in [0.3, 0.4) is 0 Å². The van der Waals surface area contributed by atoms with Gasteiger partial charge in [0.05, 0.1) is 11.0 Å². The zero-order valence-corrected chi connectivity index (χ0v) is 37.2. The van der Waals surface area contributed by atoms with E-state index in [1.54, 1.807) is 0 Å². The first-order chi connectivity index (χ1) is 34.2. The Morgan fingerprint density at radius 2 is 0.826 bits per heavy atom. The molecule has 0 bridgehead atoms. The Kier molecular flexibility index (Phi) is 8.73. The van der Waals surface area contributed by atoms with Crippen LogP contribution in [-0.4, -0.2) is 15.0 Å². The second-order valence-electron chi connectivity index (χ2n) is 17.8. The molecule has 0 unspecified atom stereocenters. The highest BCUT2D eigenvalue weighted by atomic mass is 16.3. The first kappa shape index (κ1) is 39.0. The van der Waals surface area contributed by atoms with Crippen LogP contribution in [0.5, 0.6) is 0 Å². The molecule has 5 heteroatoms. The second kappa shape index (κ2) is 15.4. The van der Waals surface area contributed by atoms with Gasteiger partial charge in [-0.3, -0.25) is 0 Å². The summed E-state index contributed by atoms with van der Waals surface area (Å²) in [7, 11) is 0. The fraction of sp³-hybridized carbons (Fsp3) is 0.0156. The van der Waals surface area contributed by atoms with E-state index in [0.717, 1.165) is 82.8 Å². The van der Waals surface area contributed by atoms with Gasteiger partial charge in [-0.25, -0.2) is 15.0 Å². The van der Waals surface area contributed by atoms with Gasteiger partial charge in [0, 0.05) is 32.7 Å². The zero-order valence-electron chi connectivity index (χ0n) is 37.2. The number of benzene rings is 10. The predicted molar refractivity (Wildman–Crippen MR) is 279 cm³/mol. The number of fused-ring (bicyclic) bond motifs is 9. The van der Waals surface area contributed by atoms with Gasteiger partial charge in [0.15, 0.2) is 17.5 Å². The molecule has 322 valence electrons. The molecule has 13 aromatic rings. The van der Waals surface area contributed by atoms with Crippen molar-refractivity contribution >= 4 is 43.9 Å². The maximum absolute atomic E-state index is 6.69. The Morgan fingerprint density at radius 1 is 0.304 bits per heavy atom. The monoisotopic (exact) mass is 881 g/mol. The second-order valence-corrected chi connectivity index (χ2v) is 17.8. The zero-order chi connectivity index (χ0) is 45.5. The number of aromatic nitrogens is 3. The van der Waals surface area contributed by atoms with E-state index in [4.69, 9.17) is 23.8 Å². The Hall–Kier alpha value is -9.19. The lowest BCUT2D eigenvalue weighted by Gasteiger charge is -2.34. The van der Waals surface area contributed by atoms with Gasteiger partial charge in [0.2, 0.25) is 0 Å². The standard InChI is InChI=1S/C64H39N3O2/c1-4-17-40(18-5-1)41-33-35-42(36-34-41)61-65-62(67-63(66-61)51-28-14-26-48-47-23-11-13-31-55(47)69-60(48)51)50-27-16-32-57-59(50)52-39-43(37-38-56(52)68-57)46-25-15-30-54-58(46)49-24-10-12-29-53(49)64(54,44-19-6-2-7-20-44)45-21-8-3-9-22-45/h1-39H. The van der Waals surface area contributed by atoms with Gasteiger partial charge in [-0.2, -0.15) is 0 Å². The van der Waals surface area contributed by atoms with E-state index in [1.807, 2.05) is 48.5 Å². The van der Waals surface area contributed by atoms with Gasteiger partial charge < -0.3 is 8.83 Å². The third-order valence-corrected chi connectivity index (χ3v) is 14.1. The van der Waals surface area contributed by atoms with Crippen molar-refractivity contribution in [1.29, 1.82) is 0 Å². The number of para-hydroxylation sites is 2. The summed E-state index contributed by atoms with van der Waals surface area (Å²) in [6, 6.07) is 83.5. The van der Waals surface area contributed by atoms with Crippen LogP contribution in [0.1, 0.15) is 22.3 Å². The molecule has 10 aromatic carbocycles. The average molecular weight is 882 g/mol. The van der Waals surface area contributed by atoms with Crippen LogP contribution in [0.4, 0.5) is 0 Å². The lowest BCUT2D eigenvalue weighted by Crippen LogP contribution is -2.28. The Morgan fingerprint density at radius 3 is 1.62 bits per heavy atom. The number of hydrogen-bond acceptors (Lipinski definition) is 5. The summed E-state index contributed by atoms with van der Waals surface area (Å²) in [6.45, 7) is 0. The molecule has 3 aromatic heterocycles. The van der Waals surface area contributed by atoms with Crippen LogP contribution in [0.25, 0.3) is 111 Å².